The predicted octanol–water partition coefficient (Wildman–Crippen LogP) is 3.25. The number of hydrogen-bond acceptors (Lipinski definition) is 9. The summed E-state index contributed by atoms with van der Waals surface area (Å²) in [5.74, 6) is -0.559. The maximum atomic E-state index is 14.4. The van der Waals surface area contributed by atoms with Crippen molar-refractivity contribution in [2.24, 2.45) is 0 Å². The number of amides is 1. The van der Waals surface area contributed by atoms with Crippen LogP contribution in [0.4, 0.5) is 5.69 Å². The Morgan fingerprint density at radius 1 is 1.15 bits per heavy atom. The van der Waals surface area contributed by atoms with Gasteiger partial charge in [0.25, 0.3) is 5.91 Å². The van der Waals surface area contributed by atoms with Gasteiger partial charge < -0.3 is 34.4 Å². The number of hydrogen-bond donors (Lipinski definition) is 3. The van der Waals surface area contributed by atoms with Crippen LogP contribution < -0.4 is 4.90 Å². The van der Waals surface area contributed by atoms with Crippen LogP contribution in [-0.4, -0.2) is 99.7 Å². The Bertz CT molecular complexity index is 1400. The number of methoxy groups -OCH3 is 1. The van der Waals surface area contributed by atoms with E-state index in [1.807, 2.05) is 6.07 Å². The lowest BCUT2D eigenvalue weighted by atomic mass is 9.91. The molecule has 0 bridgehead atoms. The fourth-order valence-electron chi connectivity index (χ4n) is 5.15. The van der Waals surface area contributed by atoms with E-state index in [0.29, 0.717) is 35.9 Å². The lowest BCUT2D eigenvalue weighted by Gasteiger charge is -2.45. The first-order chi connectivity index (χ1) is 19.6. The number of nitrogens with zero attached hydrogens (tertiary/aromatic N) is 4. The fraction of sp³-hybridized carbons (Fsp3) is 0.423. The first kappa shape index (κ1) is 30.8. The van der Waals surface area contributed by atoms with Crippen molar-refractivity contribution in [3.05, 3.63) is 61.6 Å². The molecule has 7 atom stereocenters. The zero-order valence-corrected chi connectivity index (χ0v) is 26.2. The van der Waals surface area contributed by atoms with Crippen LogP contribution in [0.5, 0.6) is 0 Å². The molecule has 3 N–H and O–H groups in total. The fourth-order valence-corrected chi connectivity index (χ4v) is 6.71. The summed E-state index contributed by atoms with van der Waals surface area (Å²) in [5.41, 5.74) is 1.54. The second-order valence-corrected chi connectivity index (χ2v) is 12.3. The molecule has 1 amide bonds. The smallest absolute Gasteiger partial charge is 0.259 e. The maximum absolute atomic E-state index is 14.4. The monoisotopic (exact) mass is 734 g/mol. The third-order valence-corrected chi connectivity index (χ3v) is 8.78. The normalized spacial score (nSPS) is 28.1. The van der Waals surface area contributed by atoms with Crippen molar-refractivity contribution >= 4 is 66.7 Å². The minimum Gasteiger partial charge on any atom is -0.394 e. The zero-order valence-electron chi connectivity index (χ0n) is 21.5. The second kappa shape index (κ2) is 12.9. The van der Waals surface area contributed by atoms with Gasteiger partial charge in [-0.2, -0.15) is 0 Å². The number of carbonyl (C=O) groups excluding carboxylic acids is 1. The number of aliphatic hydroxyl groups is 3. The Balaban J connectivity index is 1.54. The second-order valence-electron chi connectivity index (χ2n) is 9.68. The number of benzene rings is 2. The number of halogens is 4. The first-order valence-electron chi connectivity index (χ1n) is 12.5. The number of carbonyl (C=O) groups is 1. The molecular formula is C26H26Br2Cl2N4O7. The van der Waals surface area contributed by atoms with Crippen molar-refractivity contribution in [2.45, 2.75) is 42.6 Å². The highest BCUT2D eigenvalue weighted by molar-refractivity contribution is 9.11. The van der Waals surface area contributed by atoms with E-state index < -0.39 is 55.1 Å². The summed E-state index contributed by atoms with van der Waals surface area (Å²) < 4.78 is 20.0. The number of rotatable bonds is 7. The summed E-state index contributed by atoms with van der Waals surface area (Å²) in [7, 11) is 1.39. The number of anilines is 1. The molecule has 0 radical (unpaired) electrons. The number of ether oxygens (including phenoxy) is 3. The third kappa shape index (κ3) is 6.21. The van der Waals surface area contributed by atoms with Crippen LogP contribution in [-0.2, 0) is 19.0 Å². The van der Waals surface area contributed by atoms with Gasteiger partial charge in [0.15, 0.2) is 6.10 Å². The molecule has 41 heavy (non-hydrogen) atoms. The molecule has 11 nitrogen and oxygen atoms in total. The highest BCUT2D eigenvalue weighted by Gasteiger charge is 2.52. The van der Waals surface area contributed by atoms with Crippen LogP contribution in [0.1, 0.15) is 6.04 Å². The van der Waals surface area contributed by atoms with Gasteiger partial charge in [-0.3, -0.25) is 4.79 Å². The largest absolute Gasteiger partial charge is 0.394 e. The molecular weight excluding hydrogens is 711 g/mol. The van der Waals surface area contributed by atoms with Gasteiger partial charge in [-0.05, 0) is 30.3 Å². The average Bonchev–Trinajstić information content (AvgIpc) is 3.59. The van der Waals surface area contributed by atoms with Crippen molar-refractivity contribution < 1.29 is 34.3 Å². The zero-order chi connectivity index (χ0) is 29.4. The summed E-state index contributed by atoms with van der Waals surface area (Å²) in [6.07, 6.45) is -4.22. The molecule has 2 fully saturated rings. The average molecular weight is 737 g/mol. The van der Waals surface area contributed by atoms with E-state index in [2.05, 4.69) is 42.2 Å². The van der Waals surface area contributed by atoms with Gasteiger partial charge in [0, 0.05) is 27.3 Å². The Labute approximate surface area is 262 Å². The van der Waals surface area contributed by atoms with Gasteiger partial charge in [-0.25, -0.2) is 4.68 Å². The summed E-state index contributed by atoms with van der Waals surface area (Å²) in [6.45, 7) is -0.434. The molecule has 0 aliphatic carbocycles. The Morgan fingerprint density at radius 2 is 1.88 bits per heavy atom. The standard InChI is InChI=1S/C26H26Br2Cl2N4O7/c1-39-24-22(33-8-18(31-32-33)12-2-3-16(29)17(30)4-12)23(37)21(9-35)41-25(24)26(38)34(19-10-40-11-20(19)36)15-6-13(27)5-14(28)7-15/h2-8,19-25,35-37H,9-11H2,1H3/t19-,20-,21-,22+,23+,24-,25-/m1/s1. The van der Waals surface area contributed by atoms with Crippen LogP contribution in [0, 0.1) is 0 Å². The minimum absolute atomic E-state index is 0.0555. The lowest BCUT2D eigenvalue weighted by molar-refractivity contribution is -0.211. The van der Waals surface area contributed by atoms with E-state index in [0.717, 1.165) is 0 Å². The highest BCUT2D eigenvalue weighted by atomic mass is 79.9. The predicted molar refractivity (Wildman–Crippen MR) is 157 cm³/mol. The van der Waals surface area contributed by atoms with Crippen molar-refractivity contribution in [3.8, 4) is 11.3 Å². The number of aromatic nitrogens is 3. The van der Waals surface area contributed by atoms with Crippen molar-refractivity contribution in [3.63, 3.8) is 0 Å². The molecule has 0 spiro atoms. The molecule has 0 saturated carbocycles. The molecule has 2 aromatic carbocycles. The molecule has 2 aliphatic rings. The van der Waals surface area contributed by atoms with E-state index >= 15 is 0 Å². The summed E-state index contributed by atoms with van der Waals surface area (Å²) in [6, 6.07) is 8.56. The summed E-state index contributed by atoms with van der Waals surface area (Å²) in [4.78, 5) is 15.8. The van der Waals surface area contributed by atoms with E-state index in [1.165, 1.54) is 16.7 Å². The molecule has 3 heterocycles. The summed E-state index contributed by atoms with van der Waals surface area (Å²) >= 11 is 19.1. The molecule has 2 aliphatic heterocycles. The molecule has 3 aromatic rings. The highest BCUT2D eigenvalue weighted by Crippen LogP contribution is 2.37. The number of aliphatic hydroxyl groups excluding tert-OH is 3. The molecule has 0 unspecified atom stereocenters. The van der Waals surface area contributed by atoms with Gasteiger partial charge in [0.05, 0.1) is 42.1 Å². The van der Waals surface area contributed by atoms with Gasteiger partial charge in [-0.15, -0.1) is 5.10 Å². The summed E-state index contributed by atoms with van der Waals surface area (Å²) in [5, 5.41) is 41.2. The van der Waals surface area contributed by atoms with E-state index in [9.17, 15) is 20.1 Å². The Kier molecular flexibility index (Phi) is 9.70. The first-order valence-corrected chi connectivity index (χ1v) is 14.9. The van der Waals surface area contributed by atoms with E-state index in [-0.39, 0.29) is 13.2 Å². The molecule has 2 saturated heterocycles. The van der Waals surface area contributed by atoms with Crippen LogP contribution in [0.3, 0.4) is 0 Å². The van der Waals surface area contributed by atoms with Crippen molar-refractivity contribution in [1.29, 1.82) is 0 Å². The van der Waals surface area contributed by atoms with E-state index in [4.69, 9.17) is 37.4 Å². The Hall–Kier alpha value is -1.65. The maximum Gasteiger partial charge on any atom is 0.259 e. The van der Waals surface area contributed by atoms with Gasteiger partial charge in [0.1, 0.15) is 36.2 Å². The van der Waals surface area contributed by atoms with Crippen LogP contribution >= 0.6 is 55.1 Å². The van der Waals surface area contributed by atoms with Gasteiger partial charge >= 0.3 is 0 Å². The van der Waals surface area contributed by atoms with E-state index in [1.54, 1.807) is 36.5 Å². The molecule has 220 valence electrons. The van der Waals surface area contributed by atoms with Gasteiger partial charge in [0.2, 0.25) is 0 Å². The topological polar surface area (TPSA) is 139 Å². The van der Waals surface area contributed by atoms with Crippen molar-refractivity contribution in [2.75, 3.05) is 31.8 Å². The quantitative estimate of drug-likeness (QED) is 0.334. The van der Waals surface area contributed by atoms with Gasteiger partial charge in [-0.1, -0.05) is 66.3 Å². The van der Waals surface area contributed by atoms with Crippen LogP contribution in [0.2, 0.25) is 10.0 Å². The molecule has 5 rings (SSSR count). The minimum atomic E-state index is -1.31. The Morgan fingerprint density at radius 3 is 2.49 bits per heavy atom. The molecule has 1 aromatic heterocycles. The van der Waals surface area contributed by atoms with Crippen molar-refractivity contribution in [1.82, 2.24) is 15.0 Å². The molecule has 15 heteroatoms. The third-order valence-electron chi connectivity index (χ3n) is 7.13. The van der Waals surface area contributed by atoms with Crippen LogP contribution in [0.25, 0.3) is 11.3 Å². The van der Waals surface area contributed by atoms with Crippen LogP contribution in [0.15, 0.2) is 51.5 Å². The SMILES string of the molecule is CO[C@@H]1[C@@H](n2cc(-c3ccc(Cl)c(Cl)c3)nn2)[C@@H](O)[C@@H](CO)O[C@H]1C(=O)N(c1cc(Br)cc(Br)c1)[C@@H]1COC[C@H]1O. The lowest BCUT2D eigenvalue weighted by Crippen LogP contribution is -2.63.